The van der Waals surface area contributed by atoms with Crippen molar-refractivity contribution in [1.82, 2.24) is 0 Å². The van der Waals surface area contributed by atoms with Crippen LogP contribution in [0.5, 0.6) is 0 Å². The molecule has 2 aromatic rings. The maximum atomic E-state index is 10.9. The Balaban J connectivity index is 1.90. The van der Waals surface area contributed by atoms with Crippen molar-refractivity contribution in [2.45, 2.75) is 37.5 Å². The molecule has 7 heteroatoms. The third-order valence-electron chi connectivity index (χ3n) is 5.21. The van der Waals surface area contributed by atoms with E-state index in [1.54, 1.807) is 18.0 Å². The van der Waals surface area contributed by atoms with E-state index in [0.29, 0.717) is 6.42 Å². The number of allylic oxidation sites excluding steroid dienone is 3. The van der Waals surface area contributed by atoms with E-state index >= 15 is 0 Å². The Bertz CT molecular complexity index is 1090. The lowest BCUT2D eigenvalue weighted by Crippen LogP contribution is -2.19. The van der Waals surface area contributed by atoms with Gasteiger partial charge in [-0.2, -0.15) is 0 Å². The molecular formula is C26H28N2O4S. The number of para-hydroxylation sites is 1. The molecule has 0 amide bonds. The fourth-order valence-electron chi connectivity index (χ4n) is 3.55. The van der Waals surface area contributed by atoms with Gasteiger partial charge in [-0.05, 0) is 60.8 Å². The number of hydrogen-bond acceptors (Lipinski definition) is 5. The molecule has 1 aliphatic heterocycles. The topological polar surface area (TPSA) is 90.2 Å². The molecule has 0 fully saturated rings. The molecule has 6 nitrogen and oxygen atoms in total. The fourth-order valence-corrected chi connectivity index (χ4v) is 4.69. The van der Waals surface area contributed by atoms with Gasteiger partial charge in [-0.3, -0.25) is 14.6 Å². The largest absolute Gasteiger partial charge is 0.481 e. The molecule has 172 valence electrons. The second kappa shape index (κ2) is 12.1. The summed E-state index contributed by atoms with van der Waals surface area (Å²) in [6, 6.07) is 16.3. The summed E-state index contributed by atoms with van der Waals surface area (Å²) in [4.78, 5) is 29.3. The standard InChI is InChI=1S/C26H28N2O4S/c1-19-8-2-3-9-21(19)20(13-15-27-16-14-26(31)32)18-24-28(17-7-6-12-25(29)30)22-10-4-5-11-23(22)33-24/h2-5,8-11,13,15,18H,6-7,12,14,16-17H2,1H3,(H,29,30)(H,31,32)/b20-13-,24-18-,27-15+. The first-order valence-corrected chi connectivity index (χ1v) is 11.7. The minimum atomic E-state index is -0.865. The van der Waals surface area contributed by atoms with Crippen LogP contribution in [0.3, 0.4) is 0 Å². The lowest BCUT2D eigenvalue weighted by molar-refractivity contribution is -0.138. The summed E-state index contributed by atoms with van der Waals surface area (Å²) in [5.74, 6) is -1.63. The number of rotatable bonds is 11. The first kappa shape index (κ1) is 24.3. The van der Waals surface area contributed by atoms with Crippen LogP contribution in [0.25, 0.3) is 5.57 Å². The Hall–Kier alpha value is -3.32. The molecule has 1 aliphatic rings. The molecule has 0 atom stereocenters. The summed E-state index contributed by atoms with van der Waals surface area (Å²) in [6.07, 6.45) is 7.30. The Morgan fingerprint density at radius 1 is 1.00 bits per heavy atom. The van der Waals surface area contributed by atoms with Gasteiger partial charge in [-0.1, -0.05) is 48.2 Å². The van der Waals surface area contributed by atoms with Crippen molar-refractivity contribution in [1.29, 1.82) is 0 Å². The van der Waals surface area contributed by atoms with Gasteiger partial charge in [0, 0.05) is 30.6 Å². The van der Waals surface area contributed by atoms with Crippen molar-refractivity contribution in [3.63, 3.8) is 0 Å². The highest BCUT2D eigenvalue weighted by molar-refractivity contribution is 8.03. The van der Waals surface area contributed by atoms with Gasteiger partial charge in [0.1, 0.15) is 0 Å². The Labute approximate surface area is 198 Å². The van der Waals surface area contributed by atoms with Crippen LogP contribution >= 0.6 is 11.8 Å². The molecule has 0 radical (unpaired) electrons. The number of aliphatic imine (C=N–C) groups is 1. The first-order valence-electron chi connectivity index (χ1n) is 10.9. The molecule has 0 aliphatic carbocycles. The molecule has 0 bridgehead atoms. The van der Waals surface area contributed by atoms with Crippen LogP contribution < -0.4 is 4.90 Å². The first-order chi connectivity index (χ1) is 16.0. The number of aryl methyl sites for hydroxylation is 1. The summed E-state index contributed by atoms with van der Waals surface area (Å²) < 4.78 is 0. The SMILES string of the molecule is Cc1ccccc1C(=C\C=N\CCC(=O)O)/C=C1\Sc2ccccc2N1CCCCC(=O)O. The molecule has 33 heavy (non-hydrogen) atoms. The number of nitrogens with zero attached hydrogens (tertiary/aromatic N) is 2. The molecule has 2 aromatic carbocycles. The number of unbranched alkanes of at least 4 members (excludes halogenated alkanes) is 1. The third-order valence-corrected chi connectivity index (χ3v) is 6.32. The highest BCUT2D eigenvalue weighted by atomic mass is 32.2. The number of aliphatic carboxylic acids is 2. The van der Waals surface area contributed by atoms with Crippen LogP contribution in [0, 0.1) is 6.92 Å². The summed E-state index contributed by atoms with van der Waals surface area (Å²) >= 11 is 1.69. The number of anilines is 1. The fraction of sp³-hybridized carbons (Fsp3) is 0.269. The average Bonchev–Trinajstić information content (AvgIpc) is 3.13. The molecule has 0 saturated carbocycles. The normalized spacial score (nSPS) is 14.8. The van der Waals surface area contributed by atoms with Gasteiger partial charge in [0.15, 0.2) is 0 Å². The molecule has 0 unspecified atom stereocenters. The van der Waals surface area contributed by atoms with E-state index in [4.69, 9.17) is 10.2 Å². The van der Waals surface area contributed by atoms with Crippen LogP contribution in [-0.4, -0.2) is 41.5 Å². The minimum absolute atomic E-state index is 0.000406. The zero-order valence-electron chi connectivity index (χ0n) is 18.6. The molecule has 0 aromatic heterocycles. The maximum Gasteiger partial charge on any atom is 0.305 e. The maximum absolute atomic E-state index is 10.9. The summed E-state index contributed by atoms with van der Waals surface area (Å²) in [6.45, 7) is 3.03. The number of hydrogen-bond donors (Lipinski definition) is 2. The molecule has 0 saturated heterocycles. The van der Waals surface area contributed by atoms with Crippen molar-refractivity contribution < 1.29 is 19.8 Å². The van der Waals surface area contributed by atoms with Crippen LogP contribution in [-0.2, 0) is 9.59 Å². The van der Waals surface area contributed by atoms with E-state index in [1.165, 1.54) is 4.90 Å². The van der Waals surface area contributed by atoms with Crippen LogP contribution in [0.2, 0.25) is 0 Å². The predicted molar refractivity (Wildman–Crippen MR) is 134 cm³/mol. The zero-order chi connectivity index (χ0) is 23.6. The zero-order valence-corrected chi connectivity index (χ0v) is 19.4. The Morgan fingerprint density at radius 2 is 1.73 bits per heavy atom. The molecule has 1 heterocycles. The van der Waals surface area contributed by atoms with Crippen LogP contribution in [0.4, 0.5) is 5.69 Å². The summed E-state index contributed by atoms with van der Waals surface area (Å²) in [7, 11) is 0. The van der Waals surface area contributed by atoms with E-state index in [2.05, 4.69) is 47.2 Å². The van der Waals surface area contributed by atoms with Gasteiger partial charge in [0.25, 0.3) is 0 Å². The van der Waals surface area contributed by atoms with Gasteiger partial charge in [0.2, 0.25) is 0 Å². The number of fused-ring (bicyclic) bond motifs is 1. The smallest absolute Gasteiger partial charge is 0.305 e. The summed E-state index contributed by atoms with van der Waals surface area (Å²) in [5, 5.41) is 18.8. The van der Waals surface area contributed by atoms with Gasteiger partial charge in [-0.15, -0.1) is 0 Å². The molecular weight excluding hydrogens is 436 g/mol. The number of carboxylic acid groups (broad SMARTS) is 2. The molecule has 3 rings (SSSR count). The number of carboxylic acids is 2. The van der Waals surface area contributed by atoms with Crippen LogP contribution in [0.1, 0.15) is 36.8 Å². The number of thioether (sulfide) groups is 1. The van der Waals surface area contributed by atoms with Gasteiger partial charge in [-0.25, -0.2) is 0 Å². The van der Waals surface area contributed by atoms with E-state index in [0.717, 1.165) is 40.4 Å². The van der Waals surface area contributed by atoms with Crippen molar-refractivity contribution in [3.05, 3.63) is 76.8 Å². The van der Waals surface area contributed by atoms with Crippen molar-refractivity contribution in [2.75, 3.05) is 18.0 Å². The van der Waals surface area contributed by atoms with Gasteiger partial charge in [0.05, 0.1) is 17.1 Å². The predicted octanol–water partition coefficient (Wildman–Crippen LogP) is 5.63. The van der Waals surface area contributed by atoms with E-state index in [9.17, 15) is 9.59 Å². The van der Waals surface area contributed by atoms with Crippen molar-refractivity contribution >= 4 is 41.2 Å². The van der Waals surface area contributed by atoms with Gasteiger partial charge < -0.3 is 15.1 Å². The van der Waals surface area contributed by atoms with E-state index in [-0.39, 0.29) is 19.4 Å². The molecule has 0 spiro atoms. The number of benzene rings is 2. The second-order valence-corrected chi connectivity index (χ2v) is 8.75. The van der Waals surface area contributed by atoms with Crippen LogP contribution in [0.15, 0.2) is 75.6 Å². The van der Waals surface area contributed by atoms with E-state index in [1.807, 2.05) is 30.3 Å². The van der Waals surface area contributed by atoms with Crippen molar-refractivity contribution in [3.8, 4) is 0 Å². The Morgan fingerprint density at radius 3 is 2.48 bits per heavy atom. The second-order valence-electron chi connectivity index (χ2n) is 7.69. The quantitative estimate of drug-likeness (QED) is 0.331. The lowest BCUT2D eigenvalue weighted by Gasteiger charge is -2.21. The Kier molecular flexibility index (Phi) is 8.89. The lowest BCUT2D eigenvalue weighted by atomic mass is 10.0. The van der Waals surface area contributed by atoms with E-state index < -0.39 is 11.9 Å². The highest BCUT2D eigenvalue weighted by Gasteiger charge is 2.24. The van der Waals surface area contributed by atoms with Crippen molar-refractivity contribution in [2.24, 2.45) is 4.99 Å². The van der Waals surface area contributed by atoms with Gasteiger partial charge >= 0.3 is 11.9 Å². The summed E-state index contributed by atoms with van der Waals surface area (Å²) in [5.41, 5.74) is 4.33. The average molecular weight is 465 g/mol. The monoisotopic (exact) mass is 464 g/mol. The minimum Gasteiger partial charge on any atom is -0.481 e. The molecule has 2 N–H and O–H groups in total. The highest BCUT2D eigenvalue weighted by Crippen LogP contribution is 2.46. The third kappa shape index (κ3) is 7.08. The number of carbonyl (C=O) groups is 2.